The van der Waals surface area contributed by atoms with Crippen LogP contribution in [0.5, 0.6) is 0 Å². The summed E-state index contributed by atoms with van der Waals surface area (Å²) < 4.78 is 30.2. The van der Waals surface area contributed by atoms with Crippen LogP contribution < -0.4 is 5.32 Å². The first-order chi connectivity index (χ1) is 10.1. The molecule has 2 aromatic rings. The summed E-state index contributed by atoms with van der Waals surface area (Å²) in [4.78, 5) is 0. The molecule has 0 saturated carbocycles. The Morgan fingerprint density at radius 2 is 1.36 bits per heavy atom. The molecule has 0 aliphatic rings. The van der Waals surface area contributed by atoms with Crippen LogP contribution in [0.3, 0.4) is 0 Å². The predicted octanol–water partition coefficient (Wildman–Crippen LogP) is 1.99. The molecule has 0 spiro atoms. The second-order valence-corrected chi connectivity index (χ2v) is 6.42. The molecule has 0 atom stereocenters. The van der Waals surface area contributed by atoms with Crippen LogP contribution in [0.4, 0.5) is 0 Å². The number of hydrogen-bond acceptors (Lipinski definition) is 3. The third-order valence-corrected chi connectivity index (χ3v) is 4.00. The van der Waals surface area contributed by atoms with Crippen molar-refractivity contribution in [1.29, 1.82) is 0 Å². The van der Waals surface area contributed by atoms with E-state index >= 15 is 0 Å². The van der Waals surface area contributed by atoms with Crippen LogP contribution in [-0.2, 0) is 10.1 Å². The van der Waals surface area contributed by atoms with Crippen LogP contribution in [0.1, 0.15) is 23.6 Å². The fraction of sp³-hybridized carbons (Fsp3) is 0.250. The van der Waals surface area contributed by atoms with Crippen LogP contribution >= 0.6 is 0 Å². The van der Waals surface area contributed by atoms with Crippen molar-refractivity contribution in [3.63, 3.8) is 0 Å². The molecule has 0 radical (unpaired) electrons. The Morgan fingerprint density at radius 3 is 1.77 bits per heavy atom. The van der Waals surface area contributed by atoms with Crippen molar-refractivity contribution >= 4 is 39.7 Å². The molecule has 0 bridgehead atoms. The summed E-state index contributed by atoms with van der Waals surface area (Å²) in [7, 11) is -3.89. The van der Waals surface area contributed by atoms with E-state index in [1.54, 1.807) is 0 Å². The van der Waals surface area contributed by atoms with E-state index in [-0.39, 0.29) is 41.4 Å². The molecule has 2 aromatic carbocycles. The van der Waals surface area contributed by atoms with Gasteiger partial charge in [-0.25, -0.2) is 0 Å². The van der Waals surface area contributed by atoms with Gasteiger partial charge in [-0.3, -0.25) is 4.55 Å². The zero-order valence-electron chi connectivity index (χ0n) is 11.6. The Kier molecular flexibility index (Phi) is 8.31. The first-order valence-corrected chi connectivity index (χ1v) is 8.45. The van der Waals surface area contributed by atoms with Crippen molar-refractivity contribution in [2.75, 3.05) is 12.3 Å². The normalized spacial score (nSPS) is 11.2. The van der Waals surface area contributed by atoms with Crippen LogP contribution in [0, 0.1) is 0 Å². The molecule has 0 aromatic heterocycles. The van der Waals surface area contributed by atoms with E-state index in [0.29, 0.717) is 13.0 Å². The van der Waals surface area contributed by atoms with E-state index < -0.39 is 10.1 Å². The molecule has 2 N–H and O–H groups in total. The maximum atomic E-state index is 10.7. The van der Waals surface area contributed by atoms with Crippen molar-refractivity contribution in [2.45, 2.75) is 12.5 Å². The minimum absolute atomic E-state index is 0. The van der Waals surface area contributed by atoms with Gasteiger partial charge in [0.25, 0.3) is 10.1 Å². The fourth-order valence-corrected chi connectivity index (χ4v) is 2.73. The SMILES string of the molecule is O=S(=O)(O)CCCNC(c1ccccc1)c1ccccc1.[NaH]. The molecule has 114 valence electrons. The van der Waals surface area contributed by atoms with Crippen LogP contribution in [0.25, 0.3) is 0 Å². The second-order valence-electron chi connectivity index (χ2n) is 4.85. The van der Waals surface area contributed by atoms with Gasteiger partial charge in [-0.1, -0.05) is 60.7 Å². The van der Waals surface area contributed by atoms with E-state index in [9.17, 15) is 8.42 Å². The fourth-order valence-electron chi connectivity index (χ4n) is 2.22. The van der Waals surface area contributed by atoms with Crippen molar-refractivity contribution in [2.24, 2.45) is 0 Å². The molecule has 2 rings (SSSR count). The summed E-state index contributed by atoms with van der Waals surface area (Å²) in [6, 6.07) is 20.0. The van der Waals surface area contributed by atoms with Gasteiger partial charge >= 0.3 is 29.6 Å². The molecule has 0 saturated heterocycles. The standard InChI is InChI=1S/C16H19NO3S.Na.H/c18-21(19,20)13-7-12-17-16(14-8-3-1-4-9-14)15-10-5-2-6-11-15;;/h1-6,8-11,16-17H,7,12-13H2,(H,18,19,20);;. The van der Waals surface area contributed by atoms with E-state index in [2.05, 4.69) is 5.32 Å². The maximum absolute atomic E-state index is 10.7. The molecule has 0 fully saturated rings. The molecule has 0 amide bonds. The van der Waals surface area contributed by atoms with Crippen molar-refractivity contribution in [3.05, 3.63) is 71.8 Å². The Balaban J connectivity index is 0.00000242. The summed E-state index contributed by atoms with van der Waals surface area (Å²) in [5, 5.41) is 3.35. The molecule has 22 heavy (non-hydrogen) atoms. The van der Waals surface area contributed by atoms with Gasteiger partial charge in [0.05, 0.1) is 11.8 Å². The third-order valence-electron chi connectivity index (χ3n) is 3.19. The van der Waals surface area contributed by atoms with E-state index in [1.807, 2.05) is 60.7 Å². The Hall–Kier alpha value is -0.690. The zero-order valence-corrected chi connectivity index (χ0v) is 12.5. The number of rotatable bonds is 7. The molecule has 0 heterocycles. The van der Waals surface area contributed by atoms with E-state index in [0.717, 1.165) is 11.1 Å². The Labute approximate surface area is 154 Å². The second kappa shape index (κ2) is 9.45. The minimum atomic E-state index is -3.89. The number of benzene rings is 2. The topological polar surface area (TPSA) is 66.4 Å². The summed E-state index contributed by atoms with van der Waals surface area (Å²) in [5.74, 6) is -0.226. The molecule has 4 nitrogen and oxygen atoms in total. The van der Waals surface area contributed by atoms with Crippen molar-refractivity contribution < 1.29 is 13.0 Å². The van der Waals surface area contributed by atoms with Gasteiger partial charge in [0.1, 0.15) is 0 Å². The third kappa shape index (κ3) is 6.60. The first kappa shape index (κ1) is 19.4. The summed E-state index contributed by atoms with van der Waals surface area (Å²) >= 11 is 0. The number of nitrogens with one attached hydrogen (secondary N) is 1. The summed E-state index contributed by atoms with van der Waals surface area (Å²) in [6.45, 7) is 0.508. The summed E-state index contributed by atoms with van der Waals surface area (Å²) in [5.41, 5.74) is 2.24. The van der Waals surface area contributed by atoms with Gasteiger partial charge in [-0.15, -0.1) is 0 Å². The molecule has 0 aliphatic heterocycles. The van der Waals surface area contributed by atoms with Crippen LogP contribution in [0.15, 0.2) is 60.7 Å². The monoisotopic (exact) mass is 329 g/mol. The quantitative estimate of drug-likeness (QED) is 0.463. The van der Waals surface area contributed by atoms with E-state index in [1.165, 1.54) is 0 Å². The first-order valence-electron chi connectivity index (χ1n) is 6.85. The van der Waals surface area contributed by atoms with Crippen molar-refractivity contribution in [3.8, 4) is 0 Å². The van der Waals surface area contributed by atoms with Gasteiger partial charge < -0.3 is 5.32 Å². The van der Waals surface area contributed by atoms with E-state index in [4.69, 9.17) is 4.55 Å². The van der Waals surface area contributed by atoms with Gasteiger partial charge in [0.2, 0.25) is 0 Å². The molecular weight excluding hydrogens is 309 g/mol. The average molecular weight is 329 g/mol. The van der Waals surface area contributed by atoms with Gasteiger partial charge in [0.15, 0.2) is 0 Å². The van der Waals surface area contributed by atoms with Gasteiger partial charge in [-0.2, -0.15) is 8.42 Å². The molecular formula is C16H20NNaO3S. The average Bonchev–Trinajstić information content (AvgIpc) is 2.48. The van der Waals surface area contributed by atoms with Crippen molar-refractivity contribution in [1.82, 2.24) is 5.32 Å². The summed E-state index contributed by atoms with van der Waals surface area (Å²) in [6.07, 6.45) is 0.370. The molecule has 0 aliphatic carbocycles. The number of hydrogen-bond donors (Lipinski definition) is 2. The predicted molar refractivity (Wildman–Crippen MR) is 90.9 cm³/mol. The Bertz CT molecular complexity index is 608. The van der Waals surface area contributed by atoms with Crippen LogP contribution in [-0.4, -0.2) is 54.8 Å². The Morgan fingerprint density at radius 1 is 0.909 bits per heavy atom. The molecule has 0 unspecified atom stereocenters. The zero-order chi connectivity index (χ0) is 15.1. The molecule has 6 heteroatoms. The van der Waals surface area contributed by atoms with Gasteiger partial charge in [0, 0.05) is 0 Å². The van der Waals surface area contributed by atoms with Crippen LogP contribution in [0.2, 0.25) is 0 Å². The van der Waals surface area contributed by atoms with Gasteiger partial charge in [-0.05, 0) is 24.1 Å².